The second-order valence-electron chi connectivity index (χ2n) is 9.39. The van der Waals surface area contributed by atoms with Gasteiger partial charge in [0, 0.05) is 31.9 Å². The number of hydrogen-bond donors (Lipinski definition) is 1. The Morgan fingerprint density at radius 3 is 2.62 bits per heavy atom. The van der Waals surface area contributed by atoms with Gasteiger partial charge in [-0.3, -0.25) is 4.79 Å². The molecule has 9 heteroatoms. The van der Waals surface area contributed by atoms with Crippen molar-refractivity contribution in [2.24, 2.45) is 0 Å². The molecule has 204 valence electrons. The molecule has 1 unspecified atom stereocenters. The number of nitrogens with one attached hydrogen (secondary N) is 1. The average molecular weight is 533 g/mol. The molecule has 2 fully saturated rings. The van der Waals surface area contributed by atoms with E-state index in [1.807, 2.05) is 35.2 Å². The third kappa shape index (κ3) is 7.99. The fraction of sp³-hybridized carbons (Fsp3) is 0.571. The molecule has 0 aliphatic carbocycles. The second kappa shape index (κ2) is 14.4. The van der Waals surface area contributed by atoms with Crippen molar-refractivity contribution in [1.29, 1.82) is 0 Å². The lowest BCUT2D eigenvalue weighted by molar-refractivity contribution is -0.294. The highest BCUT2D eigenvalue weighted by Gasteiger charge is 2.53. The summed E-state index contributed by atoms with van der Waals surface area (Å²) in [5.41, 5.74) is 0.990. The van der Waals surface area contributed by atoms with Gasteiger partial charge in [-0.25, -0.2) is 4.79 Å². The molecule has 0 aromatic heterocycles. The monoisotopic (exact) mass is 532 g/mol. The number of benzene rings is 1. The van der Waals surface area contributed by atoms with Crippen LogP contribution in [0.4, 0.5) is 9.59 Å². The summed E-state index contributed by atoms with van der Waals surface area (Å²) in [6, 6.07) is 7.16. The van der Waals surface area contributed by atoms with E-state index in [4.69, 9.17) is 18.9 Å². The lowest BCUT2D eigenvalue weighted by atomic mass is 9.89. The van der Waals surface area contributed by atoms with Gasteiger partial charge in [0.2, 0.25) is 0 Å². The average Bonchev–Trinajstić information content (AvgIpc) is 3.27. The molecule has 0 spiro atoms. The Morgan fingerprint density at radius 1 is 1.22 bits per heavy atom. The van der Waals surface area contributed by atoms with Gasteiger partial charge in [-0.05, 0) is 56.2 Å². The number of allylic oxidation sites excluding steroid dienone is 2. The number of unbranched alkanes of at least 4 members (excludes halogenated alkanes) is 2. The summed E-state index contributed by atoms with van der Waals surface area (Å²) < 4.78 is 23.4. The number of carbonyl (C=O) groups is 2. The van der Waals surface area contributed by atoms with E-state index in [1.54, 1.807) is 20.3 Å². The number of alkyl carbamates (subject to hydrolysis) is 1. The Hall–Kier alpha value is -2.49. The van der Waals surface area contributed by atoms with Crippen molar-refractivity contribution in [3.8, 4) is 5.75 Å². The molecular weight excluding hydrogens is 492 g/mol. The van der Waals surface area contributed by atoms with E-state index in [0.29, 0.717) is 31.7 Å². The molecule has 1 N–H and O–H groups in total. The van der Waals surface area contributed by atoms with E-state index in [0.717, 1.165) is 43.4 Å². The van der Waals surface area contributed by atoms with E-state index in [-0.39, 0.29) is 23.4 Å². The van der Waals surface area contributed by atoms with Crippen LogP contribution >= 0.6 is 11.8 Å². The minimum atomic E-state index is -1.05. The predicted octanol–water partition coefficient (Wildman–Crippen LogP) is 5.67. The topological polar surface area (TPSA) is 86.3 Å². The van der Waals surface area contributed by atoms with E-state index < -0.39 is 11.9 Å². The molecule has 2 saturated heterocycles. The molecule has 8 nitrogen and oxygen atoms in total. The maximum absolute atomic E-state index is 13.0. The molecule has 0 bridgehead atoms. The summed E-state index contributed by atoms with van der Waals surface area (Å²) in [6.45, 7) is 8.28. The normalized spacial score (nSPS) is 25.5. The number of methoxy groups -OCH3 is 2. The lowest BCUT2D eigenvalue weighted by Crippen LogP contribution is -2.62. The Labute approximate surface area is 224 Å². The molecule has 2 aliphatic rings. The van der Waals surface area contributed by atoms with Crippen LogP contribution in [0.1, 0.15) is 50.5 Å². The zero-order valence-electron chi connectivity index (χ0n) is 22.0. The number of hydrogen-bond acceptors (Lipinski definition) is 7. The number of amides is 2. The molecule has 0 radical (unpaired) electrons. The highest BCUT2D eigenvalue weighted by Crippen LogP contribution is 2.42. The summed E-state index contributed by atoms with van der Waals surface area (Å²) in [5.74, 6) is 0.254. The van der Waals surface area contributed by atoms with Crippen LogP contribution in [-0.2, 0) is 20.8 Å². The molecular formula is C28H40N2O6S. The van der Waals surface area contributed by atoms with Crippen LogP contribution in [0.25, 0.3) is 0 Å². The van der Waals surface area contributed by atoms with Gasteiger partial charge in [0.15, 0.2) is 5.79 Å². The van der Waals surface area contributed by atoms with E-state index >= 15 is 0 Å². The van der Waals surface area contributed by atoms with E-state index in [9.17, 15) is 9.59 Å². The SMILES string of the molecule is C=CCCCOC(=O)N[C@@H]1CC(CCCC=C)O[C@@](OC)([C@@H]2CSC(=O)N2Cc2ccc(OC)cc2)C1. The summed E-state index contributed by atoms with van der Waals surface area (Å²) in [5, 5.41) is 3.01. The molecule has 2 heterocycles. The van der Waals surface area contributed by atoms with Crippen LogP contribution in [0.2, 0.25) is 0 Å². The lowest BCUT2D eigenvalue weighted by Gasteiger charge is -2.48. The Kier molecular flexibility index (Phi) is 11.4. The van der Waals surface area contributed by atoms with Crippen LogP contribution in [0.5, 0.6) is 5.75 Å². The Balaban J connectivity index is 1.77. The van der Waals surface area contributed by atoms with Gasteiger partial charge in [0.25, 0.3) is 5.24 Å². The summed E-state index contributed by atoms with van der Waals surface area (Å²) >= 11 is 1.27. The Morgan fingerprint density at radius 2 is 1.95 bits per heavy atom. The molecule has 0 saturated carbocycles. The first-order valence-electron chi connectivity index (χ1n) is 12.9. The van der Waals surface area contributed by atoms with Crippen molar-refractivity contribution in [2.45, 2.75) is 75.5 Å². The fourth-order valence-corrected chi connectivity index (χ4v) is 5.99. The van der Waals surface area contributed by atoms with Gasteiger partial charge < -0.3 is 29.2 Å². The summed E-state index contributed by atoms with van der Waals surface area (Å²) in [6.07, 6.45) is 8.31. The minimum absolute atomic E-state index is 0.0132. The van der Waals surface area contributed by atoms with Gasteiger partial charge in [0.1, 0.15) is 5.75 Å². The fourth-order valence-electron chi connectivity index (χ4n) is 4.90. The first-order chi connectivity index (χ1) is 17.9. The highest BCUT2D eigenvalue weighted by atomic mass is 32.2. The molecule has 2 amide bonds. The van der Waals surface area contributed by atoms with Crippen LogP contribution in [-0.4, -0.2) is 66.8 Å². The zero-order valence-corrected chi connectivity index (χ0v) is 22.8. The Bertz CT molecular complexity index is 910. The first-order valence-corrected chi connectivity index (χ1v) is 13.9. The molecule has 2 aliphatic heterocycles. The minimum Gasteiger partial charge on any atom is -0.497 e. The molecule has 1 aromatic carbocycles. The zero-order chi connectivity index (χ0) is 26.7. The largest absolute Gasteiger partial charge is 0.497 e. The third-order valence-electron chi connectivity index (χ3n) is 6.83. The highest BCUT2D eigenvalue weighted by molar-refractivity contribution is 8.13. The van der Waals surface area contributed by atoms with Gasteiger partial charge in [-0.15, -0.1) is 13.2 Å². The second-order valence-corrected chi connectivity index (χ2v) is 10.4. The quantitative estimate of drug-likeness (QED) is 0.244. The van der Waals surface area contributed by atoms with Crippen molar-refractivity contribution in [2.75, 3.05) is 26.6 Å². The number of nitrogens with zero attached hydrogens (tertiary/aromatic N) is 1. The maximum Gasteiger partial charge on any atom is 0.407 e. The number of rotatable bonds is 14. The molecule has 1 aromatic rings. The van der Waals surface area contributed by atoms with E-state index in [1.165, 1.54) is 11.8 Å². The van der Waals surface area contributed by atoms with Crippen LogP contribution in [0, 0.1) is 0 Å². The standard InChI is InChI=1S/C28H40N2O6S/c1-5-7-9-11-24-17-22(29-26(31)35-16-10-8-6-2)18-28(34-4,36-24)25-20-37-27(32)30(25)19-21-12-14-23(33-3)15-13-21/h5-6,12-15,22,24-25H,1-2,7-11,16-20H2,3-4H3,(H,29,31)/t22-,24?,25+,28-/m1/s1. The molecule has 4 atom stereocenters. The molecule has 37 heavy (non-hydrogen) atoms. The third-order valence-corrected chi connectivity index (χ3v) is 7.79. The maximum atomic E-state index is 13.0. The van der Waals surface area contributed by atoms with Gasteiger partial charge in [-0.2, -0.15) is 0 Å². The van der Waals surface area contributed by atoms with Crippen molar-refractivity contribution in [1.82, 2.24) is 10.2 Å². The van der Waals surface area contributed by atoms with Gasteiger partial charge in [0.05, 0.1) is 25.9 Å². The van der Waals surface area contributed by atoms with Crippen LogP contribution < -0.4 is 10.1 Å². The van der Waals surface area contributed by atoms with Crippen molar-refractivity contribution < 1.29 is 28.5 Å². The van der Waals surface area contributed by atoms with Crippen molar-refractivity contribution in [3.63, 3.8) is 0 Å². The molecule has 3 rings (SSSR count). The van der Waals surface area contributed by atoms with Crippen LogP contribution in [0.3, 0.4) is 0 Å². The van der Waals surface area contributed by atoms with Crippen LogP contribution in [0.15, 0.2) is 49.6 Å². The number of thioether (sulfide) groups is 1. The number of carbonyl (C=O) groups excluding carboxylic acids is 2. The summed E-state index contributed by atoms with van der Waals surface area (Å²) in [4.78, 5) is 27.3. The summed E-state index contributed by atoms with van der Waals surface area (Å²) in [7, 11) is 3.25. The van der Waals surface area contributed by atoms with Gasteiger partial charge in [-0.1, -0.05) is 36.0 Å². The van der Waals surface area contributed by atoms with E-state index in [2.05, 4.69) is 18.5 Å². The first kappa shape index (κ1) is 29.1. The van der Waals surface area contributed by atoms with Crippen molar-refractivity contribution in [3.05, 3.63) is 55.1 Å². The predicted molar refractivity (Wildman–Crippen MR) is 146 cm³/mol. The number of ether oxygens (including phenoxy) is 4. The smallest absolute Gasteiger partial charge is 0.407 e. The van der Waals surface area contributed by atoms with Gasteiger partial charge >= 0.3 is 6.09 Å². The van der Waals surface area contributed by atoms with Crippen molar-refractivity contribution >= 4 is 23.1 Å².